The molecule has 1 aromatic heterocycles. The minimum absolute atomic E-state index is 0.286. The molecule has 0 bridgehead atoms. The fourth-order valence-electron chi connectivity index (χ4n) is 1.83. The third-order valence-electron chi connectivity index (χ3n) is 2.86. The number of ether oxygens (including phenoxy) is 1. The molecule has 2 heterocycles. The fourth-order valence-corrected chi connectivity index (χ4v) is 1.83. The van der Waals surface area contributed by atoms with Crippen molar-refractivity contribution in [3.05, 3.63) is 12.1 Å². The highest BCUT2D eigenvalue weighted by Crippen LogP contribution is 2.20. The molecule has 0 spiro atoms. The Bertz CT molecular complexity index is 369. The summed E-state index contributed by atoms with van der Waals surface area (Å²) in [5.74, 6) is 1.28. The van der Waals surface area contributed by atoms with Gasteiger partial charge in [-0.2, -0.15) is 0 Å². The molecular formula is C11H18N4O. The van der Waals surface area contributed by atoms with Crippen LogP contribution in [-0.4, -0.2) is 30.8 Å². The first-order valence-electron chi connectivity index (χ1n) is 5.59. The lowest BCUT2D eigenvalue weighted by molar-refractivity contribution is 0.0382. The molecule has 1 aliphatic rings. The van der Waals surface area contributed by atoms with Crippen molar-refractivity contribution < 1.29 is 4.74 Å². The van der Waals surface area contributed by atoms with E-state index in [1.165, 1.54) is 0 Å². The minimum Gasteiger partial charge on any atom is -0.396 e. The predicted octanol–water partition coefficient (Wildman–Crippen LogP) is 0.861. The van der Waals surface area contributed by atoms with Crippen molar-refractivity contribution >= 4 is 17.3 Å². The zero-order valence-electron chi connectivity index (χ0n) is 9.52. The lowest BCUT2D eigenvalue weighted by Gasteiger charge is -2.33. The van der Waals surface area contributed by atoms with Gasteiger partial charge in [0.05, 0.1) is 18.4 Å². The molecule has 5 nitrogen and oxygen atoms in total. The third kappa shape index (κ3) is 2.19. The SMILES string of the molecule is CCC1CN(c2ccc(N)c(N)n2)CCO1. The maximum Gasteiger partial charge on any atom is 0.149 e. The van der Waals surface area contributed by atoms with Gasteiger partial charge in [0, 0.05) is 13.1 Å². The number of pyridine rings is 1. The predicted molar refractivity (Wildman–Crippen MR) is 65.3 cm³/mol. The van der Waals surface area contributed by atoms with Gasteiger partial charge in [-0.05, 0) is 18.6 Å². The molecule has 2 rings (SSSR count). The highest BCUT2D eigenvalue weighted by atomic mass is 16.5. The van der Waals surface area contributed by atoms with Crippen molar-refractivity contribution in [3.8, 4) is 0 Å². The highest BCUT2D eigenvalue weighted by molar-refractivity contribution is 5.62. The van der Waals surface area contributed by atoms with E-state index in [4.69, 9.17) is 16.2 Å². The molecule has 1 aromatic rings. The number of nitrogens with zero attached hydrogens (tertiary/aromatic N) is 2. The molecule has 16 heavy (non-hydrogen) atoms. The summed E-state index contributed by atoms with van der Waals surface area (Å²) < 4.78 is 5.61. The van der Waals surface area contributed by atoms with Crippen LogP contribution < -0.4 is 16.4 Å². The summed E-state index contributed by atoms with van der Waals surface area (Å²) in [6.07, 6.45) is 1.30. The molecule has 5 heteroatoms. The van der Waals surface area contributed by atoms with Gasteiger partial charge in [0.1, 0.15) is 11.6 Å². The van der Waals surface area contributed by atoms with Crippen molar-refractivity contribution in [2.24, 2.45) is 0 Å². The summed E-state index contributed by atoms with van der Waals surface area (Å²) in [5.41, 5.74) is 11.9. The number of morpholine rings is 1. The van der Waals surface area contributed by atoms with E-state index in [-0.39, 0.29) is 6.10 Å². The smallest absolute Gasteiger partial charge is 0.149 e. The molecular weight excluding hydrogens is 204 g/mol. The van der Waals surface area contributed by atoms with Crippen LogP contribution in [0.3, 0.4) is 0 Å². The first-order valence-corrected chi connectivity index (χ1v) is 5.59. The normalized spacial score (nSPS) is 21.1. The fraction of sp³-hybridized carbons (Fsp3) is 0.545. The summed E-state index contributed by atoms with van der Waals surface area (Å²) in [4.78, 5) is 6.48. The van der Waals surface area contributed by atoms with E-state index >= 15 is 0 Å². The Morgan fingerprint density at radius 3 is 3.00 bits per heavy atom. The number of hydrogen-bond donors (Lipinski definition) is 2. The van der Waals surface area contributed by atoms with E-state index in [9.17, 15) is 0 Å². The van der Waals surface area contributed by atoms with Crippen LogP contribution >= 0.6 is 0 Å². The second kappa shape index (κ2) is 4.57. The van der Waals surface area contributed by atoms with Crippen molar-refractivity contribution in [2.75, 3.05) is 36.1 Å². The first-order chi connectivity index (χ1) is 7.70. The lowest BCUT2D eigenvalue weighted by atomic mass is 10.2. The third-order valence-corrected chi connectivity index (χ3v) is 2.86. The second-order valence-electron chi connectivity index (χ2n) is 3.99. The van der Waals surface area contributed by atoms with Crippen LogP contribution in [0.4, 0.5) is 17.3 Å². The van der Waals surface area contributed by atoms with Gasteiger partial charge >= 0.3 is 0 Å². The van der Waals surface area contributed by atoms with E-state index in [2.05, 4.69) is 16.8 Å². The number of aromatic nitrogens is 1. The summed E-state index contributed by atoms with van der Waals surface area (Å²) in [6, 6.07) is 3.71. The van der Waals surface area contributed by atoms with Gasteiger partial charge in [-0.25, -0.2) is 4.98 Å². The number of nitrogen functional groups attached to an aromatic ring is 2. The van der Waals surface area contributed by atoms with E-state index in [1.807, 2.05) is 6.07 Å². The standard InChI is InChI=1S/C11H18N4O/c1-2-8-7-15(5-6-16-8)10-4-3-9(12)11(13)14-10/h3-4,8H,2,5-7,12H2,1H3,(H2,13,14). The van der Waals surface area contributed by atoms with E-state index < -0.39 is 0 Å². The summed E-state index contributed by atoms with van der Waals surface area (Å²) in [6.45, 7) is 4.59. The molecule has 0 aliphatic carbocycles. The Labute approximate surface area is 95.4 Å². The van der Waals surface area contributed by atoms with E-state index in [0.717, 1.165) is 31.9 Å². The molecule has 0 saturated carbocycles. The highest BCUT2D eigenvalue weighted by Gasteiger charge is 2.20. The first kappa shape index (κ1) is 11.0. The van der Waals surface area contributed by atoms with Crippen LogP contribution in [0, 0.1) is 0 Å². The number of nitrogens with two attached hydrogens (primary N) is 2. The van der Waals surface area contributed by atoms with Crippen LogP contribution in [0.25, 0.3) is 0 Å². The Morgan fingerprint density at radius 1 is 1.50 bits per heavy atom. The molecule has 0 aromatic carbocycles. The van der Waals surface area contributed by atoms with Crippen molar-refractivity contribution in [1.29, 1.82) is 0 Å². The summed E-state index contributed by atoms with van der Waals surface area (Å²) in [7, 11) is 0. The van der Waals surface area contributed by atoms with Gasteiger partial charge in [0.15, 0.2) is 0 Å². The number of anilines is 3. The van der Waals surface area contributed by atoms with Crippen molar-refractivity contribution in [3.63, 3.8) is 0 Å². The summed E-state index contributed by atoms with van der Waals surface area (Å²) >= 11 is 0. The lowest BCUT2D eigenvalue weighted by Crippen LogP contribution is -2.42. The quantitative estimate of drug-likeness (QED) is 0.776. The molecule has 1 unspecified atom stereocenters. The van der Waals surface area contributed by atoms with Gasteiger partial charge in [0.2, 0.25) is 0 Å². The molecule has 0 radical (unpaired) electrons. The van der Waals surface area contributed by atoms with E-state index in [1.54, 1.807) is 6.07 Å². The Kier molecular flexibility index (Phi) is 3.14. The van der Waals surface area contributed by atoms with Crippen molar-refractivity contribution in [1.82, 2.24) is 4.98 Å². The topological polar surface area (TPSA) is 77.4 Å². The van der Waals surface area contributed by atoms with Gasteiger partial charge in [0.25, 0.3) is 0 Å². The Morgan fingerprint density at radius 2 is 2.31 bits per heavy atom. The summed E-state index contributed by atoms with van der Waals surface area (Å²) in [5, 5.41) is 0. The minimum atomic E-state index is 0.286. The molecule has 1 saturated heterocycles. The molecule has 1 fully saturated rings. The van der Waals surface area contributed by atoms with Crippen LogP contribution in [0.2, 0.25) is 0 Å². The number of rotatable bonds is 2. The molecule has 88 valence electrons. The van der Waals surface area contributed by atoms with Crippen LogP contribution in [0.5, 0.6) is 0 Å². The maximum atomic E-state index is 5.70. The average molecular weight is 222 g/mol. The van der Waals surface area contributed by atoms with Crippen LogP contribution in [0.15, 0.2) is 12.1 Å². The average Bonchev–Trinajstić information content (AvgIpc) is 2.33. The monoisotopic (exact) mass is 222 g/mol. The maximum absolute atomic E-state index is 5.70. The molecule has 4 N–H and O–H groups in total. The number of hydrogen-bond acceptors (Lipinski definition) is 5. The Hall–Kier alpha value is -1.49. The zero-order valence-corrected chi connectivity index (χ0v) is 9.52. The molecule has 1 atom stereocenters. The van der Waals surface area contributed by atoms with Gasteiger partial charge in [-0.3, -0.25) is 0 Å². The van der Waals surface area contributed by atoms with Gasteiger partial charge in [-0.15, -0.1) is 0 Å². The Balaban J connectivity index is 2.13. The largest absolute Gasteiger partial charge is 0.396 e. The van der Waals surface area contributed by atoms with Gasteiger partial charge < -0.3 is 21.1 Å². The van der Waals surface area contributed by atoms with Crippen LogP contribution in [-0.2, 0) is 4.74 Å². The van der Waals surface area contributed by atoms with E-state index in [0.29, 0.717) is 11.5 Å². The second-order valence-corrected chi connectivity index (χ2v) is 3.99. The van der Waals surface area contributed by atoms with Crippen LogP contribution in [0.1, 0.15) is 13.3 Å². The van der Waals surface area contributed by atoms with Crippen molar-refractivity contribution in [2.45, 2.75) is 19.4 Å². The van der Waals surface area contributed by atoms with Gasteiger partial charge in [-0.1, -0.05) is 6.92 Å². The molecule has 0 amide bonds. The molecule has 1 aliphatic heterocycles. The zero-order chi connectivity index (χ0) is 11.5.